The molecule has 2 aromatic rings. The van der Waals surface area contributed by atoms with Crippen LogP contribution in [0.3, 0.4) is 0 Å². The topological polar surface area (TPSA) is 78.9 Å². The van der Waals surface area contributed by atoms with E-state index in [2.05, 4.69) is 31.3 Å². The highest BCUT2D eigenvalue weighted by molar-refractivity contribution is 9.10. The van der Waals surface area contributed by atoms with Crippen molar-refractivity contribution in [3.63, 3.8) is 0 Å². The summed E-state index contributed by atoms with van der Waals surface area (Å²) in [5, 5.41) is 18.4. The zero-order valence-electron chi connectivity index (χ0n) is 8.59. The van der Waals surface area contributed by atoms with Gasteiger partial charge in [0.15, 0.2) is 5.69 Å². The summed E-state index contributed by atoms with van der Waals surface area (Å²) in [7, 11) is 0. The Hall–Kier alpha value is -1.95. The summed E-state index contributed by atoms with van der Waals surface area (Å²) in [6.45, 7) is 0. The third-order valence-electron chi connectivity index (χ3n) is 2.08. The molecule has 0 atom stereocenters. The molecule has 0 unspecified atom stereocenters. The van der Waals surface area contributed by atoms with Crippen molar-refractivity contribution in [2.45, 2.75) is 0 Å². The number of hydrogen-bond acceptors (Lipinski definition) is 3. The Labute approximate surface area is 105 Å². The van der Waals surface area contributed by atoms with E-state index in [9.17, 15) is 4.79 Å². The van der Waals surface area contributed by atoms with Gasteiger partial charge in [0.2, 0.25) is 0 Å². The Kier molecular flexibility index (Phi) is 3.34. The summed E-state index contributed by atoms with van der Waals surface area (Å²) in [5.41, 5.74) is 1.17. The Morgan fingerprint density at radius 3 is 2.59 bits per heavy atom. The lowest BCUT2D eigenvalue weighted by Gasteiger charge is -1.93. The highest BCUT2D eigenvalue weighted by Crippen LogP contribution is 2.13. The summed E-state index contributed by atoms with van der Waals surface area (Å²) in [6.07, 6.45) is 3.38. The van der Waals surface area contributed by atoms with E-state index in [1.807, 2.05) is 24.3 Å². The predicted molar refractivity (Wildman–Crippen MR) is 66.4 cm³/mol. The average molecular weight is 294 g/mol. The van der Waals surface area contributed by atoms with Gasteiger partial charge in [-0.3, -0.25) is 0 Å². The van der Waals surface area contributed by atoms with Crippen molar-refractivity contribution in [3.8, 4) is 0 Å². The fourth-order valence-electron chi connectivity index (χ4n) is 1.26. The minimum Gasteiger partial charge on any atom is -0.476 e. The van der Waals surface area contributed by atoms with Crippen LogP contribution in [0, 0.1) is 0 Å². The molecule has 0 aliphatic heterocycles. The molecule has 6 heteroatoms. The molecule has 0 fully saturated rings. The van der Waals surface area contributed by atoms with Gasteiger partial charge in [0, 0.05) is 4.47 Å². The predicted octanol–water partition coefficient (Wildman–Crippen LogP) is 2.44. The van der Waals surface area contributed by atoms with Crippen LogP contribution >= 0.6 is 15.9 Å². The number of nitrogens with one attached hydrogen (secondary N) is 1. The molecule has 0 aliphatic rings. The number of H-pyrrole nitrogens is 1. The maximum absolute atomic E-state index is 10.8. The molecule has 1 aromatic heterocycles. The van der Waals surface area contributed by atoms with E-state index in [0.717, 1.165) is 10.0 Å². The third-order valence-corrected chi connectivity index (χ3v) is 2.61. The minimum atomic E-state index is -1.10. The molecule has 0 amide bonds. The first kappa shape index (κ1) is 11.5. The number of halogens is 1. The molecule has 0 saturated heterocycles. The van der Waals surface area contributed by atoms with Gasteiger partial charge in [-0.1, -0.05) is 34.1 Å². The maximum Gasteiger partial charge on any atom is 0.358 e. The number of benzene rings is 1. The zero-order chi connectivity index (χ0) is 12.3. The van der Waals surface area contributed by atoms with Crippen LogP contribution in [0.2, 0.25) is 0 Å². The lowest BCUT2D eigenvalue weighted by molar-refractivity contribution is 0.0690. The van der Waals surface area contributed by atoms with Gasteiger partial charge in [-0.05, 0) is 23.8 Å². The molecule has 5 nitrogen and oxygen atoms in total. The monoisotopic (exact) mass is 293 g/mol. The van der Waals surface area contributed by atoms with Crippen LogP contribution in [0.1, 0.15) is 21.7 Å². The lowest BCUT2D eigenvalue weighted by Crippen LogP contribution is -1.98. The summed E-state index contributed by atoms with van der Waals surface area (Å²) >= 11 is 3.34. The largest absolute Gasteiger partial charge is 0.476 e. The molecular formula is C11H8BrN3O2. The van der Waals surface area contributed by atoms with Gasteiger partial charge in [0.05, 0.1) is 0 Å². The summed E-state index contributed by atoms with van der Waals surface area (Å²) in [5.74, 6) is -1.10. The van der Waals surface area contributed by atoms with E-state index >= 15 is 0 Å². The maximum atomic E-state index is 10.8. The van der Waals surface area contributed by atoms with E-state index in [-0.39, 0.29) is 5.69 Å². The number of nitrogens with zero attached hydrogens (tertiary/aromatic N) is 2. The number of carboxylic acid groups (broad SMARTS) is 1. The molecule has 0 radical (unpaired) electrons. The molecule has 1 heterocycles. The molecule has 2 rings (SSSR count). The molecule has 0 saturated carbocycles. The second kappa shape index (κ2) is 4.92. The standard InChI is InChI=1S/C11H8BrN3O2/c12-8-4-1-7(2-5-8)3-6-9-10(11(16)17)14-15-13-9/h1-6H,(H,16,17)(H,13,14,15). The van der Waals surface area contributed by atoms with Crippen LogP contribution < -0.4 is 0 Å². The SMILES string of the molecule is O=C(O)c1n[nH]nc1C=Cc1ccc(Br)cc1. The first-order chi connectivity index (χ1) is 8.16. The Balaban J connectivity index is 2.23. The number of aromatic nitrogens is 3. The molecule has 0 aliphatic carbocycles. The van der Waals surface area contributed by atoms with Gasteiger partial charge in [0.1, 0.15) is 5.69 Å². The van der Waals surface area contributed by atoms with Crippen LogP contribution in [0.25, 0.3) is 12.2 Å². The molecule has 1 aromatic carbocycles. The number of rotatable bonds is 3. The Morgan fingerprint density at radius 1 is 1.24 bits per heavy atom. The molecule has 0 spiro atoms. The summed E-state index contributed by atoms with van der Waals surface area (Å²) in [6, 6.07) is 7.61. The smallest absolute Gasteiger partial charge is 0.358 e. The second-order valence-corrected chi connectivity index (χ2v) is 4.16. The van der Waals surface area contributed by atoms with Crippen LogP contribution in [-0.4, -0.2) is 26.5 Å². The minimum absolute atomic E-state index is 0.0849. The van der Waals surface area contributed by atoms with E-state index in [1.54, 1.807) is 12.2 Å². The van der Waals surface area contributed by atoms with Crippen molar-refractivity contribution in [1.29, 1.82) is 0 Å². The molecule has 2 N–H and O–H groups in total. The summed E-state index contributed by atoms with van der Waals surface area (Å²) in [4.78, 5) is 10.8. The molecule has 86 valence electrons. The molecular weight excluding hydrogens is 286 g/mol. The van der Waals surface area contributed by atoms with Gasteiger partial charge in [0.25, 0.3) is 0 Å². The first-order valence-corrected chi connectivity index (χ1v) is 5.54. The number of hydrogen-bond donors (Lipinski definition) is 2. The zero-order valence-corrected chi connectivity index (χ0v) is 10.2. The van der Waals surface area contributed by atoms with Crippen molar-refractivity contribution in [2.24, 2.45) is 0 Å². The van der Waals surface area contributed by atoms with Crippen LogP contribution in [0.4, 0.5) is 0 Å². The van der Waals surface area contributed by atoms with Gasteiger partial charge >= 0.3 is 5.97 Å². The van der Waals surface area contributed by atoms with Crippen molar-refractivity contribution in [1.82, 2.24) is 15.4 Å². The van der Waals surface area contributed by atoms with Crippen molar-refractivity contribution in [3.05, 3.63) is 45.7 Å². The van der Waals surface area contributed by atoms with E-state index in [4.69, 9.17) is 5.11 Å². The molecule has 17 heavy (non-hydrogen) atoms. The van der Waals surface area contributed by atoms with Crippen molar-refractivity contribution >= 4 is 34.1 Å². The quantitative estimate of drug-likeness (QED) is 0.911. The van der Waals surface area contributed by atoms with Crippen LogP contribution in [0.15, 0.2) is 28.7 Å². The van der Waals surface area contributed by atoms with Crippen LogP contribution in [-0.2, 0) is 0 Å². The number of carboxylic acids is 1. The van der Waals surface area contributed by atoms with E-state index in [1.165, 1.54) is 0 Å². The van der Waals surface area contributed by atoms with Gasteiger partial charge < -0.3 is 5.11 Å². The van der Waals surface area contributed by atoms with Gasteiger partial charge in [-0.2, -0.15) is 10.3 Å². The van der Waals surface area contributed by atoms with Crippen molar-refractivity contribution in [2.75, 3.05) is 0 Å². The van der Waals surface area contributed by atoms with Gasteiger partial charge in [-0.15, -0.1) is 5.10 Å². The fraction of sp³-hybridized carbons (Fsp3) is 0. The Bertz CT molecular complexity index is 560. The average Bonchev–Trinajstić information content (AvgIpc) is 2.76. The highest BCUT2D eigenvalue weighted by Gasteiger charge is 2.11. The van der Waals surface area contributed by atoms with Crippen molar-refractivity contribution < 1.29 is 9.90 Å². The normalized spacial score (nSPS) is 10.9. The van der Waals surface area contributed by atoms with E-state index in [0.29, 0.717) is 5.69 Å². The molecule has 0 bridgehead atoms. The fourth-order valence-corrected chi connectivity index (χ4v) is 1.53. The third kappa shape index (κ3) is 2.79. The van der Waals surface area contributed by atoms with E-state index < -0.39 is 5.97 Å². The van der Waals surface area contributed by atoms with Crippen LogP contribution in [0.5, 0.6) is 0 Å². The number of carbonyl (C=O) groups is 1. The summed E-state index contributed by atoms with van der Waals surface area (Å²) < 4.78 is 0.988. The first-order valence-electron chi connectivity index (χ1n) is 4.74. The second-order valence-electron chi connectivity index (χ2n) is 3.25. The van der Waals surface area contributed by atoms with Gasteiger partial charge in [-0.25, -0.2) is 4.79 Å². The number of aromatic amines is 1. The lowest BCUT2D eigenvalue weighted by atomic mass is 10.2. The highest BCUT2D eigenvalue weighted by atomic mass is 79.9. The Morgan fingerprint density at radius 2 is 1.94 bits per heavy atom. The number of aromatic carboxylic acids is 1.